The van der Waals surface area contributed by atoms with E-state index in [2.05, 4.69) is 25.5 Å². The summed E-state index contributed by atoms with van der Waals surface area (Å²) in [6.45, 7) is 1.93. The van der Waals surface area contributed by atoms with Gasteiger partial charge in [0.25, 0.3) is 5.91 Å². The van der Waals surface area contributed by atoms with Crippen LogP contribution in [0, 0.1) is 0 Å². The molecule has 0 radical (unpaired) electrons. The van der Waals surface area contributed by atoms with E-state index in [0.717, 1.165) is 37.1 Å². The monoisotopic (exact) mass is 370 g/mol. The number of carbonyl (C=O) groups excluding carboxylic acids is 2. The molecule has 2 fully saturated rings. The Morgan fingerprint density at radius 3 is 3.00 bits per heavy atom. The van der Waals surface area contributed by atoms with E-state index in [1.165, 1.54) is 0 Å². The number of ether oxygens (including phenoxy) is 1. The largest absolute Gasteiger partial charge is 0.356 e. The van der Waals surface area contributed by atoms with Crippen molar-refractivity contribution in [2.75, 3.05) is 11.9 Å². The van der Waals surface area contributed by atoms with Gasteiger partial charge in [0.05, 0.1) is 6.04 Å². The summed E-state index contributed by atoms with van der Waals surface area (Å²) in [6, 6.07) is 3.30. The summed E-state index contributed by atoms with van der Waals surface area (Å²) < 4.78 is 5.66. The Hall–Kier alpha value is -2.81. The van der Waals surface area contributed by atoms with E-state index in [-0.39, 0.29) is 30.4 Å². The lowest BCUT2D eigenvalue weighted by Crippen LogP contribution is -2.54. The molecule has 1 aliphatic heterocycles. The number of aryl methyl sites for hydroxylation is 1. The molecule has 3 heterocycles. The molecule has 2 N–H and O–H groups in total. The maximum absolute atomic E-state index is 12.9. The topological polar surface area (TPSA) is 113 Å². The lowest BCUT2D eigenvalue weighted by atomic mass is 9.98. The van der Waals surface area contributed by atoms with Crippen LogP contribution in [0.15, 0.2) is 24.5 Å². The molecule has 2 aromatic heterocycles. The van der Waals surface area contributed by atoms with Gasteiger partial charge < -0.3 is 9.64 Å². The molecule has 9 heteroatoms. The zero-order valence-electron chi connectivity index (χ0n) is 15.1. The minimum Gasteiger partial charge on any atom is -0.356 e. The summed E-state index contributed by atoms with van der Waals surface area (Å²) in [7, 11) is 0. The quantitative estimate of drug-likeness (QED) is 0.790. The molecular weight excluding hydrogens is 348 g/mol. The molecule has 142 valence electrons. The van der Waals surface area contributed by atoms with Crippen molar-refractivity contribution in [1.29, 1.82) is 0 Å². The minimum absolute atomic E-state index is 0.0986. The van der Waals surface area contributed by atoms with Gasteiger partial charge in [0.2, 0.25) is 11.9 Å². The number of hydrogen-bond donors (Lipinski definition) is 2. The molecule has 9 nitrogen and oxygen atoms in total. The molecule has 1 aliphatic carbocycles. The van der Waals surface area contributed by atoms with Gasteiger partial charge in [-0.1, -0.05) is 13.0 Å². The van der Waals surface area contributed by atoms with E-state index in [4.69, 9.17) is 4.74 Å². The number of aromatic nitrogens is 4. The smallest absolute Gasteiger partial charge is 0.258 e. The highest BCUT2D eigenvalue weighted by Crippen LogP contribution is 2.39. The van der Waals surface area contributed by atoms with Crippen LogP contribution < -0.4 is 5.32 Å². The van der Waals surface area contributed by atoms with E-state index in [0.29, 0.717) is 0 Å². The van der Waals surface area contributed by atoms with Gasteiger partial charge in [0.1, 0.15) is 12.4 Å². The lowest BCUT2D eigenvalue weighted by Gasteiger charge is -2.40. The molecule has 0 spiro atoms. The van der Waals surface area contributed by atoms with Crippen LogP contribution in [0.1, 0.15) is 43.6 Å². The molecule has 2 aliphatic rings. The van der Waals surface area contributed by atoms with Gasteiger partial charge in [-0.15, -0.1) is 5.10 Å². The SMILES string of the molecule is CCCc1nc(NC(=O)[C@H]2OCC(=O)N(C3CC3)[C@@H]2c2cccnc2)n[nH]1. The van der Waals surface area contributed by atoms with Crippen LogP contribution >= 0.6 is 0 Å². The summed E-state index contributed by atoms with van der Waals surface area (Å²) in [5, 5.41) is 9.55. The molecule has 4 rings (SSSR count). The fourth-order valence-corrected chi connectivity index (χ4v) is 3.40. The molecule has 2 atom stereocenters. The Kier molecular flexibility index (Phi) is 4.85. The van der Waals surface area contributed by atoms with Gasteiger partial charge in [-0.3, -0.25) is 25.0 Å². The second kappa shape index (κ2) is 7.43. The van der Waals surface area contributed by atoms with Crippen molar-refractivity contribution < 1.29 is 14.3 Å². The van der Waals surface area contributed by atoms with E-state index < -0.39 is 12.1 Å². The summed E-state index contributed by atoms with van der Waals surface area (Å²) in [5.41, 5.74) is 0.777. The van der Waals surface area contributed by atoms with Crippen LogP contribution in [0.2, 0.25) is 0 Å². The van der Waals surface area contributed by atoms with E-state index >= 15 is 0 Å². The molecule has 0 bridgehead atoms. The molecule has 0 unspecified atom stereocenters. The minimum atomic E-state index is -0.847. The van der Waals surface area contributed by atoms with Crippen molar-refractivity contribution in [1.82, 2.24) is 25.1 Å². The second-order valence-electron chi connectivity index (χ2n) is 6.84. The average molecular weight is 370 g/mol. The Bertz CT molecular complexity index is 820. The number of anilines is 1. The first kappa shape index (κ1) is 17.6. The van der Waals surface area contributed by atoms with Crippen molar-refractivity contribution in [3.8, 4) is 0 Å². The molecule has 27 heavy (non-hydrogen) atoms. The normalized spacial score (nSPS) is 22.7. The zero-order chi connectivity index (χ0) is 18.8. The Morgan fingerprint density at radius 2 is 2.30 bits per heavy atom. The van der Waals surface area contributed by atoms with Gasteiger partial charge >= 0.3 is 0 Å². The van der Waals surface area contributed by atoms with Crippen LogP contribution in [-0.4, -0.2) is 55.6 Å². The zero-order valence-corrected chi connectivity index (χ0v) is 15.1. The fraction of sp³-hybridized carbons (Fsp3) is 0.500. The Balaban J connectivity index is 1.58. The highest BCUT2D eigenvalue weighted by atomic mass is 16.5. The third-order valence-corrected chi connectivity index (χ3v) is 4.74. The first-order chi connectivity index (χ1) is 13.2. The number of morpholine rings is 1. The van der Waals surface area contributed by atoms with E-state index in [1.54, 1.807) is 23.4 Å². The predicted octanol–water partition coefficient (Wildman–Crippen LogP) is 1.22. The Labute approximate surface area is 156 Å². The number of pyridine rings is 1. The number of rotatable bonds is 6. The number of nitrogens with zero attached hydrogens (tertiary/aromatic N) is 4. The third-order valence-electron chi connectivity index (χ3n) is 4.74. The van der Waals surface area contributed by atoms with E-state index in [9.17, 15) is 9.59 Å². The first-order valence-electron chi connectivity index (χ1n) is 9.22. The van der Waals surface area contributed by atoms with Crippen LogP contribution in [-0.2, 0) is 20.7 Å². The molecule has 2 aromatic rings. The molecule has 0 aromatic carbocycles. The number of hydrogen-bond acceptors (Lipinski definition) is 6. The molecule has 1 saturated heterocycles. The second-order valence-corrected chi connectivity index (χ2v) is 6.84. The third kappa shape index (κ3) is 3.68. The van der Waals surface area contributed by atoms with Crippen LogP contribution in [0.5, 0.6) is 0 Å². The highest BCUT2D eigenvalue weighted by Gasteiger charge is 2.47. The van der Waals surface area contributed by atoms with Gasteiger partial charge in [-0.25, -0.2) is 0 Å². The number of aromatic amines is 1. The van der Waals surface area contributed by atoms with Crippen LogP contribution in [0.25, 0.3) is 0 Å². The predicted molar refractivity (Wildman–Crippen MR) is 95.6 cm³/mol. The van der Waals surface area contributed by atoms with Gasteiger partial charge in [-0.2, -0.15) is 4.98 Å². The van der Waals surface area contributed by atoms with E-state index in [1.807, 2.05) is 13.0 Å². The number of nitrogens with one attached hydrogen (secondary N) is 2. The number of H-pyrrole nitrogens is 1. The first-order valence-corrected chi connectivity index (χ1v) is 9.22. The summed E-state index contributed by atoms with van der Waals surface area (Å²) in [5.74, 6) is 0.463. The standard InChI is InChI=1S/C18H22N6O3/c1-2-4-13-20-18(23-22-13)21-17(26)16-15(11-5-3-8-19-9-11)24(12-6-7-12)14(25)10-27-16/h3,5,8-9,12,15-16H,2,4,6-7,10H2,1H3,(H2,20,21,22,23,26)/t15-,16+/m1/s1. The van der Waals surface area contributed by atoms with Crippen LogP contribution in [0.4, 0.5) is 5.95 Å². The van der Waals surface area contributed by atoms with Crippen molar-refractivity contribution in [2.24, 2.45) is 0 Å². The summed E-state index contributed by atoms with van der Waals surface area (Å²) in [4.78, 5) is 35.6. The van der Waals surface area contributed by atoms with Crippen molar-refractivity contribution in [2.45, 2.75) is 50.8 Å². The number of carbonyl (C=O) groups is 2. The maximum atomic E-state index is 12.9. The fourth-order valence-electron chi connectivity index (χ4n) is 3.40. The van der Waals surface area contributed by atoms with Gasteiger partial charge in [-0.05, 0) is 30.9 Å². The van der Waals surface area contributed by atoms with Gasteiger partial charge in [0.15, 0.2) is 6.10 Å². The van der Waals surface area contributed by atoms with Crippen LogP contribution in [0.3, 0.4) is 0 Å². The molecular formula is C18H22N6O3. The molecule has 1 saturated carbocycles. The number of amides is 2. The lowest BCUT2D eigenvalue weighted by molar-refractivity contribution is -0.163. The van der Waals surface area contributed by atoms with Gasteiger partial charge in [0, 0.05) is 24.9 Å². The molecule has 2 amide bonds. The highest BCUT2D eigenvalue weighted by molar-refractivity contribution is 5.95. The maximum Gasteiger partial charge on any atom is 0.258 e. The summed E-state index contributed by atoms with van der Waals surface area (Å²) in [6.07, 6.45) is 6.06. The average Bonchev–Trinajstić information content (AvgIpc) is 3.42. The Morgan fingerprint density at radius 1 is 1.44 bits per heavy atom. The summed E-state index contributed by atoms with van der Waals surface area (Å²) >= 11 is 0. The van der Waals surface area contributed by atoms with Crippen molar-refractivity contribution in [3.05, 3.63) is 35.9 Å². The van der Waals surface area contributed by atoms with Crippen molar-refractivity contribution >= 4 is 17.8 Å². The van der Waals surface area contributed by atoms with Crippen molar-refractivity contribution in [3.63, 3.8) is 0 Å².